The molecular formula is C6H6N2O2. The van der Waals surface area contributed by atoms with Gasteiger partial charge < -0.3 is 5.73 Å². The van der Waals surface area contributed by atoms with E-state index in [0.717, 1.165) is 0 Å². The fraction of sp³-hybridized carbons (Fsp3) is 0. The highest BCUT2D eigenvalue weighted by molar-refractivity contribution is 5.46. The Morgan fingerprint density at radius 1 is 1.70 bits per heavy atom. The molecule has 0 aromatic heterocycles. The van der Waals surface area contributed by atoms with Gasteiger partial charge in [0.05, 0.1) is 10.4 Å². The number of rotatable bonds is 1. The van der Waals surface area contributed by atoms with E-state index in [1.165, 1.54) is 0 Å². The molecule has 0 atom stereocenters. The molecule has 0 radical (unpaired) electrons. The lowest BCUT2D eigenvalue weighted by molar-refractivity contribution is -0.384. The van der Waals surface area contributed by atoms with E-state index in [1.807, 2.05) is 0 Å². The Bertz CT molecular complexity index is 392. The summed E-state index contributed by atoms with van der Waals surface area (Å²) in [5, 5.41) is 10.4. The monoisotopic (exact) mass is 142 g/mol. The van der Waals surface area contributed by atoms with Gasteiger partial charge in [0.15, 0.2) is 0 Å². The van der Waals surface area contributed by atoms with Crippen LogP contribution in [-0.4, -0.2) is 4.92 Å². The van der Waals surface area contributed by atoms with Crippen LogP contribution in [0.3, 0.4) is 0 Å². The van der Waals surface area contributed by atoms with Crippen molar-refractivity contribution in [1.29, 1.82) is 0 Å². The molecule has 0 fully saturated rings. The van der Waals surface area contributed by atoms with Crippen molar-refractivity contribution in [2.45, 2.75) is 0 Å². The normalized spacial score (nSPS) is 14.8. The van der Waals surface area contributed by atoms with Gasteiger partial charge in [-0.15, -0.1) is 0 Å². The lowest BCUT2D eigenvalue weighted by Crippen LogP contribution is -1.89. The number of benzene rings is 1. The van der Waals surface area contributed by atoms with Crippen LogP contribution in [0, 0.1) is 10.1 Å². The highest BCUT2D eigenvalue weighted by Crippen LogP contribution is 2.13. The quantitative estimate of drug-likeness (QED) is 0.363. The zero-order valence-corrected chi connectivity index (χ0v) is 4.84. The van der Waals surface area contributed by atoms with Crippen molar-refractivity contribution in [2.75, 3.05) is 5.73 Å². The maximum atomic E-state index is 10.4. The predicted molar refractivity (Wildman–Crippen MR) is 37.5 cm³/mol. The molecule has 0 amide bonds. The number of nitro benzene ring substituents is 1. The summed E-state index contributed by atoms with van der Waals surface area (Å²) in [6, 6.07) is -2.59. The Balaban J connectivity index is 3.68. The van der Waals surface area contributed by atoms with Crippen molar-refractivity contribution in [1.82, 2.24) is 0 Å². The maximum absolute atomic E-state index is 10.4. The molecule has 52 valence electrons. The van der Waals surface area contributed by atoms with Gasteiger partial charge >= 0.3 is 0 Å². The first-order valence-electron chi connectivity index (χ1n) is 4.38. The van der Waals surface area contributed by atoms with Gasteiger partial charge in [-0.25, -0.2) is 0 Å². The third-order valence-corrected chi connectivity index (χ3v) is 0.814. The molecule has 0 heterocycles. The Morgan fingerprint density at radius 3 is 3.00 bits per heavy atom. The van der Waals surface area contributed by atoms with Gasteiger partial charge in [0, 0.05) is 17.8 Å². The Labute approximate surface area is 63.0 Å². The van der Waals surface area contributed by atoms with E-state index in [0.29, 0.717) is 0 Å². The zero-order valence-electron chi connectivity index (χ0n) is 8.84. The number of nitrogens with two attached hydrogens (primary N) is 1. The van der Waals surface area contributed by atoms with Crippen molar-refractivity contribution in [3.8, 4) is 0 Å². The second kappa shape index (κ2) is 2.34. The van der Waals surface area contributed by atoms with Gasteiger partial charge in [-0.2, -0.15) is 0 Å². The van der Waals surface area contributed by atoms with Crippen LogP contribution < -0.4 is 5.73 Å². The van der Waals surface area contributed by atoms with Crippen molar-refractivity contribution < 1.29 is 10.4 Å². The number of nitro groups is 1. The van der Waals surface area contributed by atoms with Gasteiger partial charge in [0.25, 0.3) is 5.69 Å². The molecule has 0 unspecified atom stereocenters. The highest BCUT2D eigenvalue weighted by atomic mass is 16.6. The highest BCUT2D eigenvalue weighted by Gasteiger charge is 2.02. The van der Waals surface area contributed by atoms with E-state index in [-0.39, 0.29) is 0 Å². The molecule has 0 aliphatic heterocycles. The van der Waals surface area contributed by atoms with Crippen molar-refractivity contribution >= 4 is 11.4 Å². The molecule has 1 rings (SSSR count). The fourth-order valence-electron chi connectivity index (χ4n) is 0.439. The van der Waals surface area contributed by atoms with Crippen LogP contribution >= 0.6 is 0 Å². The summed E-state index contributed by atoms with van der Waals surface area (Å²) in [5.41, 5.74) is 3.93. The molecule has 0 saturated heterocycles. The van der Waals surface area contributed by atoms with Gasteiger partial charge in [-0.3, -0.25) is 10.1 Å². The van der Waals surface area contributed by atoms with E-state index in [9.17, 15) is 10.1 Å². The molecular weight excluding hydrogens is 132 g/mol. The molecule has 0 aliphatic rings. The average Bonchev–Trinajstić information content (AvgIpc) is 2.11. The minimum atomic E-state index is -0.946. The second-order valence-electron chi connectivity index (χ2n) is 1.52. The number of anilines is 1. The van der Waals surface area contributed by atoms with Crippen LogP contribution in [0.15, 0.2) is 24.2 Å². The van der Waals surface area contributed by atoms with E-state index >= 15 is 0 Å². The number of hydrogen-bond donors (Lipinski definition) is 1. The molecule has 1 aromatic carbocycles. The van der Waals surface area contributed by atoms with E-state index < -0.39 is 40.5 Å². The minimum absolute atomic E-state index is 0.447. The van der Waals surface area contributed by atoms with Gasteiger partial charge in [0.1, 0.15) is 0 Å². The van der Waals surface area contributed by atoms with E-state index in [1.54, 1.807) is 0 Å². The first kappa shape index (κ1) is 3.01. The van der Waals surface area contributed by atoms with Crippen LogP contribution in [0.1, 0.15) is 5.48 Å². The predicted octanol–water partition coefficient (Wildman–Crippen LogP) is 1.18. The van der Waals surface area contributed by atoms with Gasteiger partial charge in [-0.05, 0) is 6.04 Å². The SMILES string of the molecule is [2H]c1c([2H])c(N)c([2H])c([N+](=O)[O-])c1[2H]. The first-order valence-corrected chi connectivity index (χ1v) is 2.38. The minimum Gasteiger partial charge on any atom is -0.399 e. The molecule has 0 bridgehead atoms. The summed E-state index contributed by atoms with van der Waals surface area (Å²) < 4.78 is 28.8. The molecule has 2 N–H and O–H groups in total. The largest absolute Gasteiger partial charge is 0.399 e. The first-order chi connectivity index (χ1) is 6.37. The van der Waals surface area contributed by atoms with Crippen molar-refractivity contribution in [3.05, 3.63) is 34.3 Å². The standard InChI is InChI=1S/C6H6N2O2/c7-5-2-1-3-6(4-5)8(9)10/h1-4H,7H2/i1D,2D,3D,4D. The van der Waals surface area contributed by atoms with Crippen molar-refractivity contribution in [3.63, 3.8) is 0 Å². The smallest absolute Gasteiger partial charge is 0.271 e. The lowest BCUT2D eigenvalue weighted by Gasteiger charge is -1.90. The third kappa shape index (κ3) is 1.22. The summed E-state index contributed by atoms with van der Waals surface area (Å²) in [6.45, 7) is 0. The summed E-state index contributed by atoms with van der Waals surface area (Å²) in [6.07, 6.45) is 0. The Morgan fingerprint density at radius 2 is 2.40 bits per heavy atom. The molecule has 1 aromatic rings. The molecule has 0 spiro atoms. The summed E-state index contributed by atoms with van der Waals surface area (Å²) >= 11 is 0. The number of hydrogen-bond acceptors (Lipinski definition) is 3. The van der Waals surface area contributed by atoms with Crippen molar-refractivity contribution in [2.24, 2.45) is 0 Å². The second-order valence-corrected chi connectivity index (χ2v) is 1.52. The van der Waals surface area contributed by atoms with Crippen LogP contribution in [0.2, 0.25) is 0 Å². The molecule has 4 nitrogen and oxygen atoms in total. The van der Waals surface area contributed by atoms with Crippen LogP contribution in [0.25, 0.3) is 0 Å². The van der Waals surface area contributed by atoms with Crippen LogP contribution in [-0.2, 0) is 0 Å². The summed E-state index contributed by atoms with van der Waals surface area (Å²) in [4.78, 5) is 9.48. The van der Waals surface area contributed by atoms with E-state index in [4.69, 9.17) is 11.2 Å². The van der Waals surface area contributed by atoms with Gasteiger partial charge in [0.2, 0.25) is 0 Å². The molecule has 0 saturated carbocycles. The fourth-order valence-corrected chi connectivity index (χ4v) is 0.439. The van der Waals surface area contributed by atoms with Gasteiger partial charge in [-0.1, -0.05) is 6.04 Å². The maximum Gasteiger partial charge on any atom is 0.271 e. The Kier molecular flexibility index (Phi) is 0.705. The topological polar surface area (TPSA) is 69.2 Å². The molecule has 4 heteroatoms. The van der Waals surface area contributed by atoms with Crippen LogP contribution in [0.5, 0.6) is 0 Å². The zero-order chi connectivity index (χ0) is 11.0. The number of nitrogen functional groups attached to an aromatic ring is 1. The lowest BCUT2D eigenvalue weighted by atomic mass is 10.3. The third-order valence-electron chi connectivity index (χ3n) is 0.814. The summed E-state index contributed by atoms with van der Waals surface area (Å²) in [5.74, 6) is 0. The van der Waals surface area contributed by atoms with Crippen LogP contribution in [0.4, 0.5) is 11.4 Å². The molecule has 10 heavy (non-hydrogen) atoms. The molecule has 0 aliphatic carbocycles. The number of nitrogens with zero attached hydrogens (tertiary/aromatic N) is 1. The summed E-state index contributed by atoms with van der Waals surface area (Å²) in [7, 11) is 0. The Hall–Kier alpha value is -1.58. The average molecular weight is 142 g/mol. The van der Waals surface area contributed by atoms with E-state index in [2.05, 4.69) is 0 Å².